The fourth-order valence-electron chi connectivity index (χ4n) is 3.98. The van der Waals surface area contributed by atoms with Crippen LogP contribution in [0.1, 0.15) is 12.0 Å². The zero-order valence-electron chi connectivity index (χ0n) is 20.3. The van der Waals surface area contributed by atoms with Gasteiger partial charge in [0.1, 0.15) is 17.1 Å². The molecule has 198 valence electrons. The molecule has 1 fully saturated rings. The van der Waals surface area contributed by atoms with Crippen LogP contribution in [-0.4, -0.2) is 67.2 Å². The van der Waals surface area contributed by atoms with E-state index >= 15 is 0 Å². The molecule has 0 unspecified atom stereocenters. The van der Waals surface area contributed by atoms with Crippen molar-refractivity contribution in [1.29, 1.82) is 0 Å². The van der Waals surface area contributed by atoms with Crippen molar-refractivity contribution in [3.8, 4) is 22.7 Å². The summed E-state index contributed by atoms with van der Waals surface area (Å²) in [5, 5.41) is 10.1. The molecule has 3 aromatic rings. The zero-order valence-corrected chi connectivity index (χ0v) is 20.3. The molecule has 4 rings (SSSR count). The van der Waals surface area contributed by atoms with Gasteiger partial charge >= 0.3 is 12.2 Å². The van der Waals surface area contributed by atoms with E-state index in [-0.39, 0.29) is 11.5 Å². The molecule has 12 heteroatoms. The lowest BCUT2D eigenvalue weighted by Crippen LogP contribution is -2.38. The predicted molar refractivity (Wildman–Crippen MR) is 134 cm³/mol. The average molecular weight is 519 g/mol. The van der Waals surface area contributed by atoms with Gasteiger partial charge in [0.15, 0.2) is 5.82 Å². The number of nitrogens with one attached hydrogen (secondary N) is 2. The number of nitrogen functional groups attached to an aromatic ring is 1. The van der Waals surface area contributed by atoms with Gasteiger partial charge in [-0.3, -0.25) is 4.90 Å². The van der Waals surface area contributed by atoms with Gasteiger partial charge in [-0.15, -0.1) is 0 Å². The minimum Gasteiger partial charge on any atom is -0.497 e. The molecule has 1 aliphatic heterocycles. The van der Waals surface area contributed by atoms with E-state index in [0.29, 0.717) is 42.5 Å². The van der Waals surface area contributed by atoms with Crippen molar-refractivity contribution in [2.75, 3.05) is 57.6 Å². The second kappa shape index (κ2) is 11.5. The maximum absolute atomic E-state index is 13.0. The van der Waals surface area contributed by atoms with Crippen LogP contribution in [0, 0.1) is 0 Å². The summed E-state index contributed by atoms with van der Waals surface area (Å²) in [5.74, 6) is 0.709. The van der Waals surface area contributed by atoms with Crippen molar-refractivity contribution < 1.29 is 27.4 Å². The molecule has 1 saturated heterocycles. The van der Waals surface area contributed by atoms with Crippen LogP contribution < -0.4 is 21.1 Å². The number of nitrogens with two attached hydrogens (primary N) is 1. The van der Waals surface area contributed by atoms with E-state index in [1.807, 2.05) is 0 Å². The Morgan fingerprint density at radius 2 is 1.78 bits per heavy atom. The minimum atomic E-state index is -4.46. The number of benzene rings is 2. The Labute approximate surface area is 212 Å². The smallest absolute Gasteiger partial charge is 0.416 e. The van der Waals surface area contributed by atoms with E-state index in [1.54, 1.807) is 31.4 Å². The maximum atomic E-state index is 13.0. The van der Waals surface area contributed by atoms with Crippen molar-refractivity contribution in [2.24, 2.45) is 0 Å². The standard InChI is InChI=1S/C25H29F3N6O3/c1-36-20-9-3-17(4-10-20)21-22(31-24(35)30-11-2-12-33-13-15-37-16-14-33)23(29)34(32-21)19-7-5-18(6-8-19)25(26,27)28/h3-10H,2,11-16,29H2,1H3,(H2,30,31,35). The predicted octanol–water partition coefficient (Wildman–Crippen LogP) is 3.99. The lowest BCUT2D eigenvalue weighted by Gasteiger charge is -2.26. The number of methoxy groups -OCH3 is 1. The molecule has 0 saturated carbocycles. The van der Waals surface area contributed by atoms with Gasteiger partial charge in [-0.1, -0.05) is 0 Å². The highest BCUT2D eigenvalue weighted by Crippen LogP contribution is 2.36. The van der Waals surface area contributed by atoms with Gasteiger partial charge in [-0.2, -0.15) is 18.3 Å². The van der Waals surface area contributed by atoms with Gasteiger partial charge in [-0.05, 0) is 61.5 Å². The Morgan fingerprint density at radius 1 is 1.11 bits per heavy atom. The van der Waals surface area contributed by atoms with Crippen molar-refractivity contribution >= 4 is 17.5 Å². The summed E-state index contributed by atoms with van der Waals surface area (Å²) in [6, 6.07) is 11.0. The summed E-state index contributed by atoms with van der Waals surface area (Å²) in [6.45, 7) is 4.46. The van der Waals surface area contributed by atoms with Crippen molar-refractivity contribution in [3.05, 3.63) is 54.1 Å². The third-order valence-electron chi connectivity index (χ3n) is 6.00. The van der Waals surface area contributed by atoms with Gasteiger partial charge in [0.25, 0.3) is 0 Å². The fourth-order valence-corrected chi connectivity index (χ4v) is 3.98. The summed E-state index contributed by atoms with van der Waals surface area (Å²) in [5.41, 5.74) is 7.13. The number of carbonyl (C=O) groups excluding carboxylic acids is 1. The highest BCUT2D eigenvalue weighted by atomic mass is 19.4. The van der Waals surface area contributed by atoms with Crippen LogP contribution in [0.4, 0.5) is 29.5 Å². The molecule has 1 aliphatic rings. The Morgan fingerprint density at radius 3 is 2.41 bits per heavy atom. The summed E-state index contributed by atoms with van der Waals surface area (Å²) in [7, 11) is 1.54. The number of morpholine rings is 1. The number of amides is 2. The topological polar surface area (TPSA) is 107 Å². The first kappa shape index (κ1) is 26.3. The number of rotatable bonds is 8. The first-order valence-electron chi connectivity index (χ1n) is 11.8. The number of ether oxygens (including phenoxy) is 2. The van der Waals surface area contributed by atoms with Crippen LogP contribution in [0.15, 0.2) is 48.5 Å². The Balaban J connectivity index is 1.53. The number of alkyl halides is 3. The van der Waals surface area contributed by atoms with Gasteiger partial charge in [0.05, 0.1) is 31.6 Å². The monoisotopic (exact) mass is 518 g/mol. The van der Waals surface area contributed by atoms with E-state index in [2.05, 4.69) is 20.6 Å². The molecule has 2 amide bonds. The minimum absolute atomic E-state index is 0.0778. The molecule has 1 aromatic heterocycles. The lowest BCUT2D eigenvalue weighted by molar-refractivity contribution is -0.137. The Hall–Kier alpha value is -3.77. The zero-order chi connectivity index (χ0) is 26.4. The molecular formula is C25H29F3N6O3. The van der Waals surface area contributed by atoms with Crippen molar-refractivity contribution in [3.63, 3.8) is 0 Å². The highest BCUT2D eigenvalue weighted by Gasteiger charge is 2.30. The van der Waals surface area contributed by atoms with Crippen LogP contribution in [0.2, 0.25) is 0 Å². The molecule has 4 N–H and O–H groups in total. The van der Waals surface area contributed by atoms with Crippen LogP contribution in [0.5, 0.6) is 5.75 Å². The molecule has 0 aliphatic carbocycles. The number of urea groups is 1. The molecule has 2 aromatic carbocycles. The summed E-state index contributed by atoms with van der Waals surface area (Å²) >= 11 is 0. The molecule has 0 spiro atoms. The quantitative estimate of drug-likeness (QED) is 0.390. The van der Waals surface area contributed by atoms with Crippen LogP contribution in [-0.2, 0) is 10.9 Å². The Kier molecular flexibility index (Phi) is 8.19. The van der Waals surface area contributed by atoms with Gasteiger partial charge < -0.3 is 25.8 Å². The second-order valence-electron chi connectivity index (χ2n) is 8.48. The van der Waals surface area contributed by atoms with Crippen molar-refractivity contribution in [1.82, 2.24) is 20.0 Å². The first-order valence-corrected chi connectivity index (χ1v) is 11.8. The number of halogens is 3. The molecule has 0 atom stereocenters. The number of nitrogens with zero attached hydrogens (tertiary/aromatic N) is 3. The second-order valence-corrected chi connectivity index (χ2v) is 8.48. The fraction of sp³-hybridized carbons (Fsp3) is 0.360. The summed E-state index contributed by atoms with van der Waals surface area (Å²) in [6.07, 6.45) is -3.70. The van der Waals surface area contributed by atoms with Gasteiger partial charge in [-0.25, -0.2) is 9.48 Å². The van der Waals surface area contributed by atoms with E-state index < -0.39 is 17.8 Å². The maximum Gasteiger partial charge on any atom is 0.416 e. The van der Waals surface area contributed by atoms with Crippen molar-refractivity contribution in [2.45, 2.75) is 12.6 Å². The molecule has 9 nitrogen and oxygen atoms in total. The van der Waals surface area contributed by atoms with Crippen LogP contribution in [0.25, 0.3) is 16.9 Å². The van der Waals surface area contributed by atoms with Gasteiger partial charge in [0, 0.05) is 25.2 Å². The van der Waals surface area contributed by atoms with Crippen LogP contribution >= 0.6 is 0 Å². The third-order valence-corrected chi connectivity index (χ3v) is 6.00. The molecule has 37 heavy (non-hydrogen) atoms. The first-order chi connectivity index (χ1) is 17.8. The number of hydrogen-bond acceptors (Lipinski definition) is 6. The summed E-state index contributed by atoms with van der Waals surface area (Å²) in [4.78, 5) is 15.0. The largest absolute Gasteiger partial charge is 0.497 e. The third kappa shape index (κ3) is 6.52. The number of aromatic nitrogens is 2. The van der Waals surface area contributed by atoms with E-state index in [4.69, 9.17) is 15.2 Å². The van der Waals surface area contributed by atoms with E-state index in [0.717, 1.165) is 38.2 Å². The van der Waals surface area contributed by atoms with E-state index in [9.17, 15) is 18.0 Å². The number of anilines is 2. The Bertz CT molecular complexity index is 1190. The van der Waals surface area contributed by atoms with Crippen LogP contribution in [0.3, 0.4) is 0 Å². The van der Waals surface area contributed by atoms with Gasteiger partial charge in [0.2, 0.25) is 0 Å². The molecule has 0 bridgehead atoms. The lowest BCUT2D eigenvalue weighted by atomic mass is 10.1. The highest BCUT2D eigenvalue weighted by molar-refractivity contribution is 5.97. The average Bonchev–Trinajstić information content (AvgIpc) is 3.22. The molecular weight excluding hydrogens is 489 g/mol. The normalized spacial score (nSPS) is 14.4. The number of hydrogen-bond donors (Lipinski definition) is 3. The molecule has 0 radical (unpaired) electrons. The summed E-state index contributed by atoms with van der Waals surface area (Å²) < 4.78 is 50.9. The SMILES string of the molecule is COc1ccc(-c2nn(-c3ccc(C(F)(F)F)cc3)c(N)c2NC(=O)NCCCN2CCOCC2)cc1. The molecule has 2 heterocycles. The number of carbonyl (C=O) groups is 1. The van der Waals surface area contributed by atoms with E-state index in [1.165, 1.54) is 16.8 Å².